The molecular formula is C28H32N2O3. The van der Waals surface area contributed by atoms with Gasteiger partial charge in [0.1, 0.15) is 29.0 Å². The van der Waals surface area contributed by atoms with E-state index in [1.165, 1.54) is 63.0 Å². The van der Waals surface area contributed by atoms with E-state index in [-0.39, 0.29) is 16.9 Å². The summed E-state index contributed by atoms with van der Waals surface area (Å²) in [7, 11) is 0. The molecule has 0 aromatic heterocycles. The number of hydrogen-bond acceptors (Lipinski definition) is 5. The summed E-state index contributed by atoms with van der Waals surface area (Å²) in [5, 5.41) is 19.0. The van der Waals surface area contributed by atoms with Gasteiger partial charge in [0.25, 0.3) is 0 Å². The number of esters is 1. The maximum atomic E-state index is 12.7. The number of rotatable bonds is 9. The van der Waals surface area contributed by atoms with Gasteiger partial charge in [0.15, 0.2) is 5.75 Å². The molecule has 0 radical (unpaired) electrons. The molecule has 1 aliphatic carbocycles. The molecule has 0 heterocycles. The Morgan fingerprint density at radius 1 is 0.909 bits per heavy atom. The molecule has 2 aromatic rings. The lowest BCUT2D eigenvalue weighted by atomic mass is 9.77. The molecule has 3 rings (SSSR count). The van der Waals surface area contributed by atoms with Gasteiger partial charge in [0.05, 0.1) is 12.2 Å². The van der Waals surface area contributed by atoms with Gasteiger partial charge in [-0.25, -0.2) is 4.79 Å². The summed E-state index contributed by atoms with van der Waals surface area (Å²) in [5.74, 6) is 1.23. The highest BCUT2D eigenvalue weighted by Crippen LogP contribution is 2.38. The lowest BCUT2D eigenvalue weighted by Crippen LogP contribution is -2.14. The second-order valence-electron chi connectivity index (χ2n) is 8.69. The second-order valence-corrected chi connectivity index (χ2v) is 8.69. The summed E-state index contributed by atoms with van der Waals surface area (Å²) in [5.41, 5.74) is 1.77. The third-order valence-electron chi connectivity index (χ3n) is 6.54. The van der Waals surface area contributed by atoms with Gasteiger partial charge < -0.3 is 9.47 Å². The van der Waals surface area contributed by atoms with Crippen molar-refractivity contribution in [3.63, 3.8) is 0 Å². The Kier molecular flexibility index (Phi) is 8.90. The molecule has 0 bridgehead atoms. The van der Waals surface area contributed by atoms with Gasteiger partial charge in [-0.3, -0.25) is 0 Å². The van der Waals surface area contributed by atoms with Gasteiger partial charge in [-0.2, -0.15) is 10.5 Å². The standard InChI is InChI=1S/C28H32N2O3/c1-3-5-6-7-20-8-10-21(11-9-20)22-12-14-23(15-13-22)28(31)33-27-17-16-26(32-4-2)24(18-29)25(27)19-30/h12-17,20-21H,3-11H2,1-2H3/t20-,21-. The molecule has 1 saturated carbocycles. The summed E-state index contributed by atoms with van der Waals surface area (Å²) in [4.78, 5) is 12.7. The minimum Gasteiger partial charge on any atom is -0.492 e. The molecule has 1 fully saturated rings. The van der Waals surface area contributed by atoms with E-state index in [1.807, 2.05) is 24.3 Å². The highest BCUT2D eigenvalue weighted by Gasteiger charge is 2.23. The Bertz CT molecular complexity index is 1020. The van der Waals surface area contributed by atoms with Crippen LogP contribution >= 0.6 is 0 Å². The van der Waals surface area contributed by atoms with Crippen molar-refractivity contribution in [2.45, 2.75) is 71.1 Å². The molecule has 0 saturated heterocycles. The molecule has 0 amide bonds. The summed E-state index contributed by atoms with van der Waals surface area (Å²) < 4.78 is 10.9. The van der Waals surface area contributed by atoms with Crippen LogP contribution in [0.2, 0.25) is 0 Å². The third-order valence-corrected chi connectivity index (χ3v) is 6.54. The van der Waals surface area contributed by atoms with Crippen LogP contribution in [0.5, 0.6) is 11.5 Å². The number of nitriles is 2. The van der Waals surface area contributed by atoms with Crippen molar-refractivity contribution in [2.24, 2.45) is 5.92 Å². The van der Waals surface area contributed by atoms with Crippen molar-refractivity contribution in [1.29, 1.82) is 10.5 Å². The van der Waals surface area contributed by atoms with Crippen LogP contribution in [-0.4, -0.2) is 12.6 Å². The van der Waals surface area contributed by atoms with Crippen molar-refractivity contribution >= 4 is 5.97 Å². The van der Waals surface area contributed by atoms with E-state index in [2.05, 4.69) is 6.92 Å². The topological polar surface area (TPSA) is 83.1 Å². The summed E-state index contributed by atoms with van der Waals surface area (Å²) >= 11 is 0. The van der Waals surface area contributed by atoms with E-state index < -0.39 is 5.97 Å². The van der Waals surface area contributed by atoms with Crippen molar-refractivity contribution in [1.82, 2.24) is 0 Å². The predicted molar refractivity (Wildman–Crippen MR) is 127 cm³/mol. The molecule has 0 N–H and O–H groups in total. The Balaban J connectivity index is 1.64. The van der Waals surface area contributed by atoms with Gasteiger partial charge in [-0.05, 0) is 74.3 Å². The number of carbonyl (C=O) groups excluding carboxylic acids is 1. The summed E-state index contributed by atoms with van der Waals surface area (Å²) in [6, 6.07) is 14.6. The SMILES string of the molecule is CCCCC[C@H]1CC[C@H](c2ccc(C(=O)Oc3ccc(OCC)c(C#N)c3C#N)cc2)CC1. The van der Waals surface area contributed by atoms with E-state index >= 15 is 0 Å². The molecule has 2 aromatic carbocycles. The molecule has 0 spiro atoms. The normalized spacial score (nSPS) is 17.6. The summed E-state index contributed by atoms with van der Waals surface area (Å²) in [6.07, 6.45) is 10.3. The number of ether oxygens (including phenoxy) is 2. The molecule has 172 valence electrons. The average molecular weight is 445 g/mol. The fourth-order valence-electron chi connectivity index (χ4n) is 4.66. The van der Waals surface area contributed by atoms with Crippen LogP contribution in [0.1, 0.15) is 98.2 Å². The number of nitrogens with zero attached hydrogens (tertiary/aromatic N) is 2. The van der Waals surface area contributed by atoms with Crippen LogP contribution in [0.4, 0.5) is 0 Å². The first-order valence-electron chi connectivity index (χ1n) is 12.0. The first-order chi connectivity index (χ1) is 16.1. The molecule has 5 nitrogen and oxygen atoms in total. The molecule has 1 aliphatic rings. The highest BCUT2D eigenvalue weighted by molar-refractivity contribution is 5.91. The van der Waals surface area contributed by atoms with Crippen molar-refractivity contribution in [3.8, 4) is 23.6 Å². The van der Waals surface area contributed by atoms with Crippen LogP contribution < -0.4 is 9.47 Å². The Morgan fingerprint density at radius 2 is 1.55 bits per heavy atom. The van der Waals surface area contributed by atoms with Gasteiger partial charge in [-0.1, -0.05) is 44.7 Å². The van der Waals surface area contributed by atoms with Gasteiger partial charge >= 0.3 is 5.97 Å². The molecule has 0 atom stereocenters. The molecular weight excluding hydrogens is 412 g/mol. The van der Waals surface area contributed by atoms with Crippen molar-refractivity contribution in [3.05, 3.63) is 58.7 Å². The first-order valence-corrected chi connectivity index (χ1v) is 12.0. The lowest BCUT2D eigenvalue weighted by molar-refractivity contribution is 0.0734. The minimum absolute atomic E-state index is 0.00381. The van der Waals surface area contributed by atoms with E-state index in [0.29, 0.717) is 23.8 Å². The quantitative estimate of drug-likeness (QED) is 0.238. The smallest absolute Gasteiger partial charge is 0.343 e. The monoisotopic (exact) mass is 444 g/mol. The molecule has 0 aliphatic heterocycles. The largest absolute Gasteiger partial charge is 0.492 e. The molecule has 0 unspecified atom stereocenters. The number of benzene rings is 2. The highest BCUT2D eigenvalue weighted by atomic mass is 16.5. The maximum absolute atomic E-state index is 12.7. The van der Waals surface area contributed by atoms with Gasteiger partial charge in [-0.15, -0.1) is 0 Å². The Morgan fingerprint density at radius 3 is 2.15 bits per heavy atom. The third kappa shape index (κ3) is 6.14. The summed E-state index contributed by atoms with van der Waals surface area (Å²) in [6.45, 7) is 4.41. The predicted octanol–water partition coefficient (Wildman–Crippen LogP) is 6.90. The zero-order chi connectivity index (χ0) is 23.6. The number of hydrogen-bond donors (Lipinski definition) is 0. The fourth-order valence-corrected chi connectivity index (χ4v) is 4.66. The van der Waals surface area contributed by atoms with Crippen LogP contribution in [0.25, 0.3) is 0 Å². The average Bonchev–Trinajstić information content (AvgIpc) is 2.85. The Labute approximate surface area is 196 Å². The van der Waals surface area contributed by atoms with Crippen molar-refractivity contribution in [2.75, 3.05) is 6.61 Å². The maximum Gasteiger partial charge on any atom is 0.343 e. The second kappa shape index (κ2) is 12.1. The zero-order valence-electron chi connectivity index (χ0n) is 19.6. The number of unbranched alkanes of at least 4 members (excludes halogenated alkanes) is 2. The first kappa shape index (κ1) is 24.3. The van der Waals surface area contributed by atoms with E-state index in [0.717, 1.165) is 5.92 Å². The van der Waals surface area contributed by atoms with Gasteiger partial charge in [0, 0.05) is 0 Å². The molecule has 5 heteroatoms. The van der Waals surface area contributed by atoms with Crippen LogP contribution in [-0.2, 0) is 0 Å². The van der Waals surface area contributed by atoms with E-state index in [1.54, 1.807) is 25.1 Å². The van der Waals surface area contributed by atoms with Crippen LogP contribution in [0.3, 0.4) is 0 Å². The van der Waals surface area contributed by atoms with Crippen LogP contribution in [0.15, 0.2) is 36.4 Å². The minimum atomic E-state index is -0.550. The lowest BCUT2D eigenvalue weighted by Gasteiger charge is -2.29. The molecule has 33 heavy (non-hydrogen) atoms. The van der Waals surface area contributed by atoms with Crippen LogP contribution in [0, 0.1) is 28.6 Å². The zero-order valence-corrected chi connectivity index (χ0v) is 19.6. The fraction of sp³-hybridized carbons (Fsp3) is 0.464. The Hall–Kier alpha value is -3.31. The van der Waals surface area contributed by atoms with Gasteiger partial charge in [0.2, 0.25) is 0 Å². The van der Waals surface area contributed by atoms with Crippen molar-refractivity contribution < 1.29 is 14.3 Å². The number of carbonyl (C=O) groups is 1. The van der Waals surface area contributed by atoms with E-state index in [4.69, 9.17) is 9.47 Å². The van der Waals surface area contributed by atoms with E-state index in [9.17, 15) is 15.3 Å².